The Morgan fingerprint density at radius 1 is 1.20 bits per heavy atom. The molecule has 6 nitrogen and oxygen atoms in total. The average molecular weight is 378 g/mol. The molecule has 3 N–H and O–H groups in total. The van der Waals surface area contributed by atoms with Crippen LogP contribution in [0.5, 0.6) is 0 Å². The van der Waals surface area contributed by atoms with E-state index in [0.29, 0.717) is 11.4 Å². The number of halogens is 2. The van der Waals surface area contributed by atoms with Gasteiger partial charge in [0.25, 0.3) is 0 Å². The van der Waals surface area contributed by atoms with E-state index in [1.165, 1.54) is 30.0 Å². The molecule has 0 unspecified atom stereocenters. The Morgan fingerprint density at radius 3 is 2.68 bits per heavy atom. The highest BCUT2D eigenvalue weighted by Gasteiger charge is 2.12. The Morgan fingerprint density at radius 2 is 1.96 bits per heavy atom. The van der Waals surface area contributed by atoms with E-state index in [1.54, 1.807) is 0 Å². The summed E-state index contributed by atoms with van der Waals surface area (Å²) in [5.74, 6) is 5.79. The molecule has 2 aromatic carbocycles. The molecule has 0 aliphatic carbocycles. The second-order valence-corrected chi connectivity index (χ2v) is 6.38. The summed E-state index contributed by atoms with van der Waals surface area (Å²) in [5, 5.41) is 10.8. The van der Waals surface area contributed by atoms with Crippen molar-refractivity contribution < 1.29 is 4.39 Å². The Bertz CT molecular complexity index is 951. The number of rotatable bonds is 5. The fourth-order valence-corrected chi connectivity index (χ4v) is 2.98. The molecule has 0 spiro atoms. The minimum atomic E-state index is -0.554. The maximum Gasteiger partial charge on any atom is 0.315 e. The van der Waals surface area contributed by atoms with Gasteiger partial charge in [0.05, 0.1) is 5.02 Å². The van der Waals surface area contributed by atoms with E-state index < -0.39 is 11.4 Å². The van der Waals surface area contributed by atoms with Crippen LogP contribution in [0.1, 0.15) is 5.56 Å². The zero-order chi connectivity index (χ0) is 17.8. The molecule has 25 heavy (non-hydrogen) atoms. The average Bonchev–Trinajstić information content (AvgIpc) is 2.62. The largest absolute Gasteiger partial charge is 0.334 e. The lowest BCUT2D eigenvalue weighted by Gasteiger charge is -2.09. The Kier molecular flexibility index (Phi) is 5.20. The Balaban J connectivity index is 1.78. The lowest BCUT2D eigenvalue weighted by molar-refractivity contribution is 0.628. The van der Waals surface area contributed by atoms with E-state index in [-0.39, 0.29) is 16.0 Å². The van der Waals surface area contributed by atoms with Gasteiger partial charge in [-0.15, -0.1) is 10.2 Å². The molecule has 0 aliphatic heterocycles. The molecule has 1 heterocycles. The number of thioether (sulfide) groups is 1. The molecule has 0 fully saturated rings. The quantitative estimate of drug-likeness (QED) is 0.524. The van der Waals surface area contributed by atoms with Gasteiger partial charge in [0, 0.05) is 11.4 Å². The van der Waals surface area contributed by atoms with Crippen LogP contribution in [0.3, 0.4) is 0 Å². The van der Waals surface area contributed by atoms with Gasteiger partial charge < -0.3 is 11.2 Å². The molecule has 0 amide bonds. The molecule has 3 rings (SSSR count). The van der Waals surface area contributed by atoms with E-state index in [1.807, 2.05) is 30.3 Å². The molecule has 128 valence electrons. The zero-order valence-corrected chi connectivity index (χ0v) is 14.4. The van der Waals surface area contributed by atoms with E-state index in [2.05, 4.69) is 15.5 Å². The smallest absolute Gasteiger partial charge is 0.315 e. The van der Waals surface area contributed by atoms with Crippen molar-refractivity contribution in [2.45, 2.75) is 10.9 Å². The monoisotopic (exact) mass is 377 g/mol. The summed E-state index contributed by atoms with van der Waals surface area (Å²) >= 11 is 7.01. The van der Waals surface area contributed by atoms with Crippen LogP contribution in [-0.2, 0) is 5.75 Å². The lowest BCUT2D eigenvalue weighted by atomic mass is 10.2. The number of nitrogens with two attached hydrogens (primary N) is 1. The van der Waals surface area contributed by atoms with Crippen LogP contribution < -0.4 is 16.7 Å². The summed E-state index contributed by atoms with van der Waals surface area (Å²) in [6.07, 6.45) is 0. The van der Waals surface area contributed by atoms with Gasteiger partial charge >= 0.3 is 5.56 Å². The first kappa shape index (κ1) is 17.2. The van der Waals surface area contributed by atoms with Crippen LogP contribution in [0.4, 0.5) is 15.9 Å². The fourth-order valence-electron chi connectivity index (χ4n) is 1.99. The first-order chi connectivity index (χ1) is 12.0. The van der Waals surface area contributed by atoms with E-state index in [4.69, 9.17) is 17.4 Å². The molecule has 0 saturated carbocycles. The van der Waals surface area contributed by atoms with Crippen molar-refractivity contribution in [3.05, 3.63) is 75.3 Å². The van der Waals surface area contributed by atoms with E-state index in [0.717, 1.165) is 10.2 Å². The van der Waals surface area contributed by atoms with Crippen molar-refractivity contribution in [1.82, 2.24) is 14.9 Å². The Hall–Kier alpha value is -2.58. The van der Waals surface area contributed by atoms with Gasteiger partial charge in [-0.05, 0) is 23.8 Å². The summed E-state index contributed by atoms with van der Waals surface area (Å²) < 4.78 is 14.1. The molecule has 0 atom stereocenters. The van der Waals surface area contributed by atoms with Gasteiger partial charge in [-0.2, -0.15) is 4.68 Å². The van der Waals surface area contributed by atoms with Crippen molar-refractivity contribution in [3.8, 4) is 0 Å². The first-order valence-electron chi connectivity index (χ1n) is 7.18. The maximum atomic E-state index is 13.2. The summed E-state index contributed by atoms with van der Waals surface area (Å²) in [6.45, 7) is 0. The SMILES string of the molecule is Nn1c(SCc2ccccc2)nnc(Nc2ccc(F)c(Cl)c2)c1=O. The zero-order valence-electron chi connectivity index (χ0n) is 12.8. The molecule has 3 aromatic rings. The van der Waals surface area contributed by atoms with Crippen molar-refractivity contribution in [2.24, 2.45) is 0 Å². The predicted octanol–water partition coefficient (Wildman–Crippen LogP) is 3.18. The third-order valence-corrected chi connectivity index (χ3v) is 4.56. The molecule has 9 heteroatoms. The van der Waals surface area contributed by atoms with Gasteiger partial charge in [-0.25, -0.2) is 4.39 Å². The summed E-state index contributed by atoms with van der Waals surface area (Å²) in [4.78, 5) is 12.3. The number of nitrogens with one attached hydrogen (secondary N) is 1. The first-order valence-corrected chi connectivity index (χ1v) is 8.54. The van der Waals surface area contributed by atoms with Crippen LogP contribution in [-0.4, -0.2) is 14.9 Å². The molecule has 0 bridgehead atoms. The van der Waals surface area contributed by atoms with Gasteiger partial charge in [0.1, 0.15) is 5.82 Å². The van der Waals surface area contributed by atoms with E-state index >= 15 is 0 Å². The highest BCUT2D eigenvalue weighted by Crippen LogP contribution is 2.22. The lowest BCUT2D eigenvalue weighted by Crippen LogP contribution is -2.32. The number of nitrogen functional groups attached to an aromatic ring is 1. The molecule has 1 aromatic heterocycles. The minimum absolute atomic E-state index is 0.0685. The van der Waals surface area contributed by atoms with Crippen molar-refractivity contribution in [3.63, 3.8) is 0 Å². The van der Waals surface area contributed by atoms with Crippen molar-refractivity contribution in [1.29, 1.82) is 0 Å². The molecule has 0 radical (unpaired) electrons. The van der Waals surface area contributed by atoms with Gasteiger partial charge in [-0.3, -0.25) is 4.79 Å². The number of hydrogen-bond acceptors (Lipinski definition) is 6. The molecule has 0 saturated heterocycles. The molecular weight excluding hydrogens is 365 g/mol. The number of benzene rings is 2. The number of nitrogens with zero attached hydrogens (tertiary/aromatic N) is 3. The second-order valence-electron chi connectivity index (χ2n) is 5.03. The highest BCUT2D eigenvalue weighted by molar-refractivity contribution is 7.98. The Labute approximate surface area is 151 Å². The highest BCUT2D eigenvalue weighted by atomic mass is 35.5. The van der Waals surface area contributed by atoms with E-state index in [9.17, 15) is 9.18 Å². The van der Waals surface area contributed by atoms with Gasteiger partial charge in [0.15, 0.2) is 0 Å². The van der Waals surface area contributed by atoms with Gasteiger partial charge in [-0.1, -0.05) is 53.7 Å². The third-order valence-electron chi connectivity index (χ3n) is 3.26. The third kappa shape index (κ3) is 4.09. The van der Waals surface area contributed by atoms with Crippen LogP contribution in [0.15, 0.2) is 58.5 Å². The van der Waals surface area contributed by atoms with Crippen molar-refractivity contribution in [2.75, 3.05) is 11.2 Å². The number of hydrogen-bond donors (Lipinski definition) is 2. The standard InChI is InChI=1S/C16H13ClFN5OS/c17-12-8-11(6-7-13(12)18)20-14-15(24)23(19)16(22-21-14)25-9-10-4-2-1-3-5-10/h1-8H,9,19H2,(H,20,21). The molecule has 0 aliphatic rings. The summed E-state index contributed by atoms with van der Waals surface area (Å²) in [6, 6.07) is 13.7. The summed E-state index contributed by atoms with van der Waals surface area (Å²) in [7, 11) is 0. The summed E-state index contributed by atoms with van der Waals surface area (Å²) in [5.41, 5.74) is 0.929. The van der Waals surface area contributed by atoms with Crippen LogP contribution in [0.2, 0.25) is 5.02 Å². The normalized spacial score (nSPS) is 10.6. The second kappa shape index (κ2) is 7.54. The van der Waals surface area contributed by atoms with Crippen molar-refractivity contribution >= 4 is 34.9 Å². The van der Waals surface area contributed by atoms with Gasteiger partial charge in [0.2, 0.25) is 11.0 Å². The minimum Gasteiger partial charge on any atom is -0.334 e. The predicted molar refractivity (Wildman–Crippen MR) is 97.1 cm³/mol. The topological polar surface area (TPSA) is 85.8 Å². The van der Waals surface area contributed by atoms with Crippen LogP contribution >= 0.6 is 23.4 Å². The molecular formula is C16H13ClFN5OS. The van der Waals surface area contributed by atoms with Crippen LogP contribution in [0, 0.1) is 5.82 Å². The fraction of sp³-hybridized carbons (Fsp3) is 0.0625. The number of anilines is 2. The number of aromatic nitrogens is 3. The van der Waals surface area contributed by atoms with Crippen LogP contribution in [0.25, 0.3) is 0 Å². The maximum absolute atomic E-state index is 13.2.